The van der Waals surface area contributed by atoms with Crippen molar-refractivity contribution in [3.63, 3.8) is 0 Å². The van der Waals surface area contributed by atoms with Crippen molar-refractivity contribution in [2.45, 2.75) is 31.4 Å². The molecule has 0 bridgehead atoms. The monoisotopic (exact) mass is 291 g/mol. The molecule has 0 spiro atoms. The molecule has 21 heavy (non-hydrogen) atoms. The van der Waals surface area contributed by atoms with Crippen LogP contribution in [0.2, 0.25) is 0 Å². The van der Waals surface area contributed by atoms with Gasteiger partial charge in [0.1, 0.15) is 17.9 Å². The van der Waals surface area contributed by atoms with Crippen LogP contribution in [0.3, 0.4) is 0 Å². The van der Waals surface area contributed by atoms with Crippen LogP contribution in [0, 0.1) is 0 Å². The fraction of sp³-hybridized carbons (Fsp3) is 0.562. The number of carboxylic acid groups (broad SMARTS) is 1. The second kappa shape index (κ2) is 6.45. The molecule has 1 N–H and O–H groups in total. The molecule has 2 fully saturated rings. The van der Waals surface area contributed by atoms with Crippen LogP contribution < -0.4 is 4.74 Å². The number of rotatable bonds is 5. The molecule has 1 saturated carbocycles. The third-order valence-corrected chi connectivity index (χ3v) is 4.35. The van der Waals surface area contributed by atoms with E-state index in [1.807, 2.05) is 0 Å². The first-order valence-electron chi connectivity index (χ1n) is 7.56. The highest BCUT2D eigenvalue weighted by molar-refractivity contribution is 5.90. The van der Waals surface area contributed by atoms with Crippen molar-refractivity contribution in [3.8, 4) is 5.75 Å². The molecule has 1 saturated heterocycles. The number of hydrogen-bond donors (Lipinski definition) is 1. The van der Waals surface area contributed by atoms with Crippen molar-refractivity contribution < 1.29 is 19.4 Å². The van der Waals surface area contributed by atoms with Gasteiger partial charge >= 0.3 is 5.97 Å². The summed E-state index contributed by atoms with van der Waals surface area (Å²) in [5.41, 5.74) is 0.221. The summed E-state index contributed by atoms with van der Waals surface area (Å²) in [6, 6.07) is 7.29. The van der Waals surface area contributed by atoms with E-state index >= 15 is 0 Å². The summed E-state index contributed by atoms with van der Waals surface area (Å²) in [7, 11) is 0. The fourth-order valence-electron chi connectivity index (χ4n) is 3.33. The Kier molecular flexibility index (Phi) is 4.41. The lowest BCUT2D eigenvalue weighted by molar-refractivity contribution is -0.0583. The average Bonchev–Trinajstić information content (AvgIpc) is 2.97. The van der Waals surface area contributed by atoms with Crippen molar-refractivity contribution in [2.24, 2.45) is 0 Å². The molecule has 2 atom stereocenters. The summed E-state index contributed by atoms with van der Waals surface area (Å²) in [6.45, 7) is 3.05. The highest BCUT2D eigenvalue weighted by Gasteiger charge is 2.35. The predicted molar refractivity (Wildman–Crippen MR) is 77.8 cm³/mol. The SMILES string of the molecule is O=C(O)c1ccccc1OCCN1CCO[C@@H]2CCC[C@@H]21. The second-order valence-corrected chi connectivity index (χ2v) is 5.59. The van der Waals surface area contributed by atoms with Crippen molar-refractivity contribution in [1.29, 1.82) is 0 Å². The number of hydrogen-bond acceptors (Lipinski definition) is 4. The van der Waals surface area contributed by atoms with Gasteiger partial charge in [0.05, 0.1) is 12.7 Å². The maximum absolute atomic E-state index is 11.1. The van der Waals surface area contributed by atoms with E-state index in [0.717, 1.165) is 26.1 Å². The average molecular weight is 291 g/mol. The highest BCUT2D eigenvalue weighted by atomic mass is 16.5. The van der Waals surface area contributed by atoms with E-state index in [1.165, 1.54) is 12.8 Å². The smallest absolute Gasteiger partial charge is 0.339 e. The standard InChI is InChI=1S/C16H21NO4/c18-16(19)12-4-1-2-6-14(12)20-10-8-17-9-11-21-15-7-3-5-13(15)17/h1-2,4,6,13,15H,3,5,7-11H2,(H,18,19)/t13-,15+/m0/s1. The van der Waals surface area contributed by atoms with Crippen LogP contribution in [-0.4, -0.2) is 54.4 Å². The minimum atomic E-state index is -0.951. The van der Waals surface area contributed by atoms with Gasteiger partial charge in [0.2, 0.25) is 0 Å². The van der Waals surface area contributed by atoms with Crippen LogP contribution in [0.25, 0.3) is 0 Å². The van der Waals surface area contributed by atoms with Crippen molar-refractivity contribution in [2.75, 3.05) is 26.3 Å². The third kappa shape index (κ3) is 3.19. The topological polar surface area (TPSA) is 59.0 Å². The molecule has 0 unspecified atom stereocenters. The number of benzene rings is 1. The number of carboxylic acids is 1. The molecule has 5 nitrogen and oxygen atoms in total. The molecule has 5 heteroatoms. The first-order chi connectivity index (χ1) is 10.3. The molecule has 2 aliphatic rings. The maximum Gasteiger partial charge on any atom is 0.339 e. The van der Waals surface area contributed by atoms with Gasteiger partial charge in [-0.15, -0.1) is 0 Å². The van der Waals surface area contributed by atoms with E-state index in [1.54, 1.807) is 24.3 Å². The van der Waals surface area contributed by atoms with Gasteiger partial charge in [-0.1, -0.05) is 12.1 Å². The Morgan fingerprint density at radius 3 is 3.10 bits per heavy atom. The summed E-state index contributed by atoms with van der Waals surface area (Å²) < 4.78 is 11.5. The van der Waals surface area contributed by atoms with Gasteiger partial charge in [-0.05, 0) is 31.4 Å². The largest absolute Gasteiger partial charge is 0.491 e. The van der Waals surface area contributed by atoms with Gasteiger partial charge in [0.25, 0.3) is 0 Å². The Hall–Kier alpha value is -1.59. The van der Waals surface area contributed by atoms with Gasteiger partial charge in [-0.2, -0.15) is 0 Å². The lowest BCUT2D eigenvalue weighted by Crippen LogP contribution is -2.49. The number of morpholine rings is 1. The van der Waals surface area contributed by atoms with Crippen LogP contribution in [0.1, 0.15) is 29.6 Å². The second-order valence-electron chi connectivity index (χ2n) is 5.59. The minimum absolute atomic E-state index is 0.221. The van der Waals surface area contributed by atoms with Gasteiger partial charge < -0.3 is 14.6 Å². The lowest BCUT2D eigenvalue weighted by Gasteiger charge is -2.37. The first kappa shape index (κ1) is 14.4. The summed E-state index contributed by atoms with van der Waals surface area (Å²) in [6.07, 6.45) is 3.96. The van der Waals surface area contributed by atoms with E-state index in [-0.39, 0.29) is 5.56 Å². The van der Waals surface area contributed by atoms with Gasteiger partial charge in [-0.3, -0.25) is 4.90 Å². The molecule has 1 aliphatic carbocycles. The quantitative estimate of drug-likeness (QED) is 0.899. The van der Waals surface area contributed by atoms with Gasteiger partial charge in [0, 0.05) is 19.1 Å². The molecule has 3 rings (SSSR count). The normalized spacial score (nSPS) is 25.5. The summed E-state index contributed by atoms with van der Waals surface area (Å²) >= 11 is 0. The molecule has 114 valence electrons. The van der Waals surface area contributed by atoms with Crippen LogP contribution in [0.5, 0.6) is 5.75 Å². The molecule has 1 aromatic rings. The number of aromatic carboxylic acids is 1. The number of nitrogens with zero attached hydrogens (tertiary/aromatic N) is 1. The maximum atomic E-state index is 11.1. The van der Waals surface area contributed by atoms with E-state index in [9.17, 15) is 4.79 Å². The summed E-state index contributed by atoms with van der Waals surface area (Å²) in [5.74, 6) is -0.505. The molecule has 1 heterocycles. The van der Waals surface area contributed by atoms with Crippen LogP contribution in [-0.2, 0) is 4.74 Å². The first-order valence-corrected chi connectivity index (χ1v) is 7.56. The van der Waals surface area contributed by atoms with Gasteiger partial charge in [-0.25, -0.2) is 4.79 Å². The highest BCUT2D eigenvalue weighted by Crippen LogP contribution is 2.29. The molecule has 0 radical (unpaired) electrons. The van der Waals surface area contributed by atoms with Crippen LogP contribution >= 0.6 is 0 Å². The van der Waals surface area contributed by atoms with Crippen LogP contribution in [0.15, 0.2) is 24.3 Å². The molecule has 0 amide bonds. The lowest BCUT2D eigenvalue weighted by atomic mass is 10.1. The molecular formula is C16H21NO4. The number of carbonyl (C=O) groups is 1. The number of para-hydroxylation sites is 1. The Balaban J connectivity index is 1.55. The zero-order chi connectivity index (χ0) is 14.7. The molecular weight excluding hydrogens is 270 g/mol. The predicted octanol–water partition coefficient (Wildman–Crippen LogP) is 2.02. The number of fused-ring (bicyclic) bond motifs is 1. The summed E-state index contributed by atoms with van der Waals surface area (Å²) in [5, 5.41) is 9.13. The summed E-state index contributed by atoms with van der Waals surface area (Å²) in [4.78, 5) is 13.6. The van der Waals surface area contributed by atoms with Crippen LogP contribution in [0.4, 0.5) is 0 Å². The number of ether oxygens (including phenoxy) is 2. The van der Waals surface area contributed by atoms with Crippen molar-refractivity contribution >= 4 is 5.97 Å². The molecule has 1 aliphatic heterocycles. The van der Waals surface area contributed by atoms with Crippen molar-refractivity contribution in [3.05, 3.63) is 29.8 Å². The van der Waals surface area contributed by atoms with E-state index < -0.39 is 5.97 Å². The molecule has 0 aromatic heterocycles. The zero-order valence-corrected chi connectivity index (χ0v) is 12.0. The zero-order valence-electron chi connectivity index (χ0n) is 12.0. The van der Waals surface area contributed by atoms with E-state index in [2.05, 4.69) is 4.90 Å². The fourth-order valence-corrected chi connectivity index (χ4v) is 3.33. The van der Waals surface area contributed by atoms with E-state index in [4.69, 9.17) is 14.6 Å². The minimum Gasteiger partial charge on any atom is -0.491 e. The molecule has 1 aromatic carbocycles. The Morgan fingerprint density at radius 2 is 2.24 bits per heavy atom. The Labute approximate surface area is 124 Å². The van der Waals surface area contributed by atoms with Crippen molar-refractivity contribution in [1.82, 2.24) is 4.90 Å². The Morgan fingerprint density at radius 1 is 1.38 bits per heavy atom. The van der Waals surface area contributed by atoms with E-state index in [0.29, 0.717) is 24.5 Å². The Bertz CT molecular complexity index is 505. The third-order valence-electron chi connectivity index (χ3n) is 4.35. The van der Waals surface area contributed by atoms with Gasteiger partial charge in [0.15, 0.2) is 0 Å².